The van der Waals surface area contributed by atoms with Gasteiger partial charge in [0.15, 0.2) is 0 Å². The van der Waals surface area contributed by atoms with Crippen molar-refractivity contribution in [2.45, 2.75) is 116 Å². The van der Waals surface area contributed by atoms with Gasteiger partial charge in [0.05, 0.1) is 6.42 Å². The second-order valence-corrected chi connectivity index (χ2v) is 8.05. The van der Waals surface area contributed by atoms with Crippen molar-refractivity contribution in [3.05, 3.63) is 0 Å². The van der Waals surface area contributed by atoms with Crippen molar-refractivity contribution in [3.63, 3.8) is 0 Å². The molecule has 0 aliphatic rings. The van der Waals surface area contributed by atoms with Gasteiger partial charge in [-0.1, -0.05) is 96.8 Å². The molecule has 0 aliphatic carbocycles. The Kier molecular flexibility index (Phi) is 18.6. The molecule has 0 fully saturated rings. The Hall–Kier alpha value is -1.59. The van der Waals surface area contributed by atoms with Crippen LogP contribution in [0.5, 0.6) is 0 Å². The molecular weight excluding hydrogens is 370 g/mol. The summed E-state index contributed by atoms with van der Waals surface area (Å²) in [6.45, 7) is 1.78. The van der Waals surface area contributed by atoms with E-state index in [1.807, 2.05) is 0 Å². The molecular formula is C23H43NO5. The van der Waals surface area contributed by atoms with Crippen LogP contribution < -0.4 is 0 Å². The lowest BCUT2D eigenvalue weighted by Crippen LogP contribution is -2.37. The number of aliphatic carboxylic acids is 2. The molecule has 0 radical (unpaired) electrons. The molecule has 0 aromatic rings. The van der Waals surface area contributed by atoms with E-state index in [9.17, 15) is 14.4 Å². The van der Waals surface area contributed by atoms with Gasteiger partial charge in [-0.25, -0.2) is 0 Å². The van der Waals surface area contributed by atoms with E-state index >= 15 is 0 Å². The van der Waals surface area contributed by atoms with E-state index in [0.717, 1.165) is 24.2 Å². The van der Waals surface area contributed by atoms with Gasteiger partial charge in [-0.15, -0.1) is 0 Å². The van der Waals surface area contributed by atoms with Gasteiger partial charge in [-0.2, -0.15) is 0 Å². The average molecular weight is 414 g/mol. The maximum Gasteiger partial charge on any atom is 0.323 e. The Labute approximate surface area is 177 Å². The first-order chi connectivity index (χ1) is 14.0. The number of amides is 1. The number of nitrogens with zero attached hydrogens (tertiary/aromatic N) is 1. The van der Waals surface area contributed by atoms with E-state index in [1.54, 1.807) is 0 Å². The van der Waals surface area contributed by atoms with Gasteiger partial charge in [0.2, 0.25) is 5.91 Å². The molecule has 6 nitrogen and oxygen atoms in total. The Morgan fingerprint density at radius 2 is 1.00 bits per heavy atom. The maximum absolute atomic E-state index is 12.1. The largest absolute Gasteiger partial charge is 0.481 e. The number of unbranched alkanes of at least 4 members (excludes halogenated alkanes) is 14. The lowest BCUT2D eigenvalue weighted by molar-refractivity contribution is -0.146. The summed E-state index contributed by atoms with van der Waals surface area (Å²) in [6.07, 6.45) is 18.8. The summed E-state index contributed by atoms with van der Waals surface area (Å²) in [6, 6.07) is 0. The molecule has 170 valence electrons. The molecule has 0 saturated heterocycles. The molecule has 0 rings (SSSR count). The van der Waals surface area contributed by atoms with Crippen LogP contribution >= 0.6 is 0 Å². The first-order valence-electron chi connectivity index (χ1n) is 11.7. The minimum absolute atomic E-state index is 0.0425. The molecule has 29 heavy (non-hydrogen) atoms. The highest BCUT2D eigenvalue weighted by Gasteiger charge is 2.17. The summed E-state index contributed by atoms with van der Waals surface area (Å²) in [5.41, 5.74) is 0. The molecule has 0 aromatic heterocycles. The van der Waals surface area contributed by atoms with Gasteiger partial charge in [0, 0.05) is 13.0 Å². The zero-order chi connectivity index (χ0) is 21.7. The summed E-state index contributed by atoms with van der Waals surface area (Å²) in [5.74, 6) is -2.40. The summed E-state index contributed by atoms with van der Waals surface area (Å²) in [7, 11) is 0. The minimum Gasteiger partial charge on any atom is -0.481 e. The van der Waals surface area contributed by atoms with E-state index in [4.69, 9.17) is 10.2 Å². The van der Waals surface area contributed by atoms with Crippen LogP contribution in [0.3, 0.4) is 0 Å². The highest BCUT2D eigenvalue weighted by Crippen LogP contribution is 2.14. The van der Waals surface area contributed by atoms with Crippen LogP contribution in [0.4, 0.5) is 0 Å². The normalized spacial score (nSPS) is 10.8. The van der Waals surface area contributed by atoms with Gasteiger partial charge in [0.25, 0.3) is 0 Å². The van der Waals surface area contributed by atoms with E-state index in [0.29, 0.717) is 6.42 Å². The number of rotatable bonds is 21. The van der Waals surface area contributed by atoms with Crippen LogP contribution in [0.15, 0.2) is 0 Å². The number of hydrogen-bond donors (Lipinski definition) is 2. The smallest absolute Gasteiger partial charge is 0.323 e. The van der Waals surface area contributed by atoms with Crippen LogP contribution in [0.25, 0.3) is 0 Å². The second kappa shape index (κ2) is 19.7. The monoisotopic (exact) mass is 413 g/mol. The molecule has 2 N–H and O–H groups in total. The SMILES string of the molecule is CCCCCCCCCCCCCCCCCC(=O)N(CCC(=O)O)CC(=O)O. The van der Waals surface area contributed by atoms with Gasteiger partial charge in [-0.3, -0.25) is 14.4 Å². The number of hydrogen-bond acceptors (Lipinski definition) is 3. The van der Waals surface area contributed by atoms with E-state index in [1.165, 1.54) is 77.0 Å². The van der Waals surface area contributed by atoms with Crippen LogP contribution in [0.1, 0.15) is 116 Å². The predicted molar refractivity (Wildman–Crippen MR) is 116 cm³/mol. The van der Waals surface area contributed by atoms with Crippen molar-refractivity contribution in [2.24, 2.45) is 0 Å². The van der Waals surface area contributed by atoms with Crippen LogP contribution in [0.2, 0.25) is 0 Å². The lowest BCUT2D eigenvalue weighted by atomic mass is 10.0. The average Bonchev–Trinajstić information content (AvgIpc) is 2.67. The first kappa shape index (κ1) is 27.4. The van der Waals surface area contributed by atoms with Gasteiger partial charge < -0.3 is 15.1 Å². The van der Waals surface area contributed by atoms with E-state index < -0.39 is 18.5 Å². The van der Waals surface area contributed by atoms with E-state index in [-0.39, 0.29) is 18.9 Å². The van der Waals surface area contributed by atoms with Crippen molar-refractivity contribution in [1.29, 1.82) is 0 Å². The van der Waals surface area contributed by atoms with Crippen LogP contribution in [-0.4, -0.2) is 46.0 Å². The molecule has 6 heteroatoms. The third-order valence-corrected chi connectivity index (χ3v) is 5.27. The molecule has 0 spiro atoms. The number of carbonyl (C=O) groups excluding carboxylic acids is 1. The van der Waals surface area contributed by atoms with Gasteiger partial charge in [0.1, 0.15) is 6.54 Å². The van der Waals surface area contributed by atoms with Crippen molar-refractivity contribution >= 4 is 17.8 Å². The summed E-state index contributed by atoms with van der Waals surface area (Å²) in [5, 5.41) is 17.6. The Morgan fingerprint density at radius 3 is 1.38 bits per heavy atom. The van der Waals surface area contributed by atoms with Crippen molar-refractivity contribution in [1.82, 2.24) is 4.90 Å². The molecule has 0 aliphatic heterocycles. The maximum atomic E-state index is 12.1. The Morgan fingerprint density at radius 1 is 0.586 bits per heavy atom. The van der Waals surface area contributed by atoms with Gasteiger partial charge >= 0.3 is 11.9 Å². The summed E-state index contributed by atoms with van der Waals surface area (Å²) < 4.78 is 0. The highest BCUT2D eigenvalue weighted by molar-refractivity contribution is 5.81. The topological polar surface area (TPSA) is 94.9 Å². The fraction of sp³-hybridized carbons (Fsp3) is 0.870. The molecule has 1 amide bonds. The lowest BCUT2D eigenvalue weighted by Gasteiger charge is -2.19. The molecule has 0 aromatic carbocycles. The zero-order valence-electron chi connectivity index (χ0n) is 18.5. The quantitative estimate of drug-likeness (QED) is 0.238. The van der Waals surface area contributed by atoms with Crippen LogP contribution in [0, 0.1) is 0 Å². The molecule has 0 atom stereocenters. The number of carboxylic acid groups (broad SMARTS) is 2. The molecule has 0 heterocycles. The fourth-order valence-electron chi connectivity index (χ4n) is 3.49. The minimum atomic E-state index is -1.11. The molecule has 0 bridgehead atoms. The predicted octanol–water partition coefficient (Wildman–Crippen LogP) is 5.64. The zero-order valence-corrected chi connectivity index (χ0v) is 18.5. The highest BCUT2D eigenvalue weighted by atomic mass is 16.4. The van der Waals surface area contributed by atoms with Crippen molar-refractivity contribution in [3.8, 4) is 0 Å². The van der Waals surface area contributed by atoms with Crippen LogP contribution in [-0.2, 0) is 14.4 Å². The third-order valence-electron chi connectivity index (χ3n) is 5.27. The summed E-state index contributed by atoms with van der Waals surface area (Å²) in [4.78, 5) is 34.7. The summed E-state index contributed by atoms with van der Waals surface area (Å²) >= 11 is 0. The van der Waals surface area contributed by atoms with Gasteiger partial charge in [-0.05, 0) is 6.42 Å². The Balaban J connectivity index is 3.54. The first-order valence-corrected chi connectivity index (χ1v) is 11.7. The van der Waals surface area contributed by atoms with Crippen molar-refractivity contribution in [2.75, 3.05) is 13.1 Å². The fourth-order valence-corrected chi connectivity index (χ4v) is 3.49. The van der Waals surface area contributed by atoms with Crippen molar-refractivity contribution < 1.29 is 24.6 Å². The molecule has 0 saturated carbocycles. The second-order valence-electron chi connectivity index (χ2n) is 8.05. The third kappa shape index (κ3) is 19.5. The van der Waals surface area contributed by atoms with E-state index in [2.05, 4.69) is 6.92 Å². The number of carbonyl (C=O) groups is 3. The Bertz CT molecular complexity index is 439. The number of carboxylic acids is 2. The standard InChI is InChI=1S/C23H43NO5/c1-2-3-4-5-6-7-8-9-10-11-12-13-14-15-16-17-21(25)24(20-23(28)29)19-18-22(26)27/h2-20H2,1H3,(H,26,27)(H,28,29). The molecule has 0 unspecified atom stereocenters.